The fourth-order valence-corrected chi connectivity index (χ4v) is 2.29. The van der Waals surface area contributed by atoms with E-state index in [0.29, 0.717) is 35.8 Å². The molecule has 6 heteroatoms. The first-order valence-corrected chi connectivity index (χ1v) is 6.37. The first kappa shape index (κ1) is 15.4. The van der Waals surface area contributed by atoms with Crippen molar-refractivity contribution in [3.05, 3.63) is 16.4 Å². The maximum atomic E-state index is 14.8. The molecule has 0 spiro atoms. The van der Waals surface area contributed by atoms with Crippen molar-refractivity contribution in [1.29, 1.82) is 0 Å². The average molecular weight is 278 g/mol. The number of nitrogens with zero attached hydrogens (tertiary/aromatic N) is 2. The van der Waals surface area contributed by atoms with Crippen LogP contribution in [0.1, 0.15) is 24.2 Å². The Labute approximate surface area is 112 Å². The molecule has 1 aromatic heterocycles. The number of methoxy groups -OCH3 is 1. The van der Waals surface area contributed by atoms with Crippen LogP contribution in [0.5, 0.6) is 0 Å². The Hall–Kier alpha value is -0.650. The van der Waals surface area contributed by atoms with E-state index in [4.69, 9.17) is 22.1 Å². The van der Waals surface area contributed by atoms with Crippen LogP contribution in [0.15, 0.2) is 0 Å². The summed E-state index contributed by atoms with van der Waals surface area (Å²) in [4.78, 5) is 0. The van der Waals surface area contributed by atoms with Gasteiger partial charge in [0.25, 0.3) is 0 Å². The molecule has 0 aromatic carbocycles. The molecule has 0 saturated heterocycles. The van der Waals surface area contributed by atoms with Crippen LogP contribution in [0.2, 0.25) is 5.02 Å². The molecule has 0 bridgehead atoms. The lowest BCUT2D eigenvalue weighted by atomic mass is 9.94. The normalized spacial score (nSPS) is 14.8. The Bertz CT molecular complexity index is 397. The zero-order chi connectivity index (χ0) is 13.8. The predicted octanol–water partition coefficient (Wildman–Crippen LogP) is 2.02. The Morgan fingerprint density at radius 1 is 1.56 bits per heavy atom. The van der Waals surface area contributed by atoms with E-state index in [1.807, 2.05) is 6.92 Å². The Morgan fingerprint density at radius 2 is 2.22 bits per heavy atom. The lowest BCUT2D eigenvalue weighted by Crippen LogP contribution is -2.33. The van der Waals surface area contributed by atoms with Gasteiger partial charge in [0.2, 0.25) is 0 Å². The van der Waals surface area contributed by atoms with E-state index in [9.17, 15) is 4.39 Å². The molecule has 0 amide bonds. The van der Waals surface area contributed by atoms with Crippen LogP contribution in [-0.4, -0.2) is 35.7 Å². The van der Waals surface area contributed by atoms with Crippen molar-refractivity contribution < 1.29 is 9.13 Å². The van der Waals surface area contributed by atoms with Crippen LogP contribution in [0.4, 0.5) is 4.39 Å². The molecule has 0 fully saturated rings. The number of alkyl halides is 1. The topological polar surface area (TPSA) is 53.1 Å². The second-order valence-corrected chi connectivity index (χ2v) is 5.00. The predicted molar refractivity (Wildman–Crippen MR) is 70.7 cm³/mol. The number of ether oxygens (including phenoxy) is 1. The molecule has 2 N–H and O–H groups in total. The summed E-state index contributed by atoms with van der Waals surface area (Å²) in [6, 6.07) is 0. The lowest BCUT2D eigenvalue weighted by Gasteiger charge is -2.24. The molecule has 4 nitrogen and oxygen atoms in total. The van der Waals surface area contributed by atoms with E-state index in [2.05, 4.69) is 5.10 Å². The van der Waals surface area contributed by atoms with Gasteiger partial charge in [-0.1, -0.05) is 11.6 Å². The molecule has 1 rings (SSSR count). The van der Waals surface area contributed by atoms with Gasteiger partial charge in [-0.3, -0.25) is 4.68 Å². The van der Waals surface area contributed by atoms with E-state index in [1.165, 1.54) is 7.11 Å². The first-order valence-electron chi connectivity index (χ1n) is 5.99. The van der Waals surface area contributed by atoms with Gasteiger partial charge < -0.3 is 10.5 Å². The summed E-state index contributed by atoms with van der Waals surface area (Å²) in [5, 5.41) is 4.72. The summed E-state index contributed by atoms with van der Waals surface area (Å²) in [5.41, 5.74) is 5.41. The molecule has 0 aliphatic rings. The van der Waals surface area contributed by atoms with Crippen molar-refractivity contribution >= 4 is 11.6 Å². The van der Waals surface area contributed by atoms with Crippen LogP contribution in [0.25, 0.3) is 0 Å². The third kappa shape index (κ3) is 3.67. The van der Waals surface area contributed by atoms with Crippen molar-refractivity contribution in [2.24, 2.45) is 12.8 Å². The largest absolute Gasteiger partial charge is 0.381 e. The van der Waals surface area contributed by atoms with E-state index in [1.54, 1.807) is 11.7 Å². The molecule has 0 radical (unpaired) electrons. The smallest absolute Gasteiger partial charge is 0.139 e. The molecule has 0 aliphatic carbocycles. The molecular formula is C12H21ClFN3O. The minimum absolute atomic E-state index is 0.0353. The van der Waals surface area contributed by atoms with Crippen molar-refractivity contribution in [3.8, 4) is 0 Å². The molecule has 18 heavy (non-hydrogen) atoms. The van der Waals surface area contributed by atoms with Crippen LogP contribution < -0.4 is 5.73 Å². The Balaban J connectivity index is 2.88. The van der Waals surface area contributed by atoms with Crippen LogP contribution >= 0.6 is 11.6 Å². The maximum Gasteiger partial charge on any atom is 0.139 e. The van der Waals surface area contributed by atoms with Gasteiger partial charge in [-0.25, -0.2) is 4.39 Å². The molecule has 1 unspecified atom stereocenters. The number of nitrogens with two attached hydrogens (primary N) is 1. The monoisotopic (exact) mass is 277 g/mol. The summed E-state index contributed by atoms with van der Waals surface area (Å²) in [5.74, 6) is 0. The summed E-state index contributed by atoms with van der Waals surface area (Å²) >= 11 is 6.14. The molecule has 1 heterocycles. The van der Waals surface area contributed by atoms with E-state index in [0.717, 1.165) is 0 Å². The highest BCUT2D eigenvalue weighted by Gasteiger charge is 2.32. The van der Waals surface area contributed by atoms with Gasteiger partial charge >= 0.3 is 0 Å². The average Bonchev–Trinajstić information content (AvgIpc) is 2.54. The van der Waals surface area contributed by atoms with Gasteiger partial charge in [-0.05, 0) is 26.3 Å². The van der Waals surface area contributed by atoms with E-state index >= 15 is 0 Å². The van der Waals surface area contributed by atoms with Crippen LogP contribution in [0.3, 0.4) is 0 Å². The molecule has 1 aromatic rings. The lowest BCUT2D eigenvalue weighted by molar-refractivity contribution is 0.0321. The fraction of sp³-hybridized carbons (Fsp3) is 0.750. The fourth-order valence-electron chi connectivity index (χ4n) is 2.06. The van der Waals surface area contributed by atoms with Crippen LogP contribution in [-0.2, 0) is 18.2 Å². The Kier molecular flexibility index (Phi) is 5.56. The Morgan fingerprint density at radius 3 is 2.67 bits per heavy atom. The van der Waals surface area contributed by atoms with Gasteiger partial charge in [0.05, 0.1) is 23.0 Å². The zero-order valence-corrected chi connectivity index (χ0v) is 11.9. The highest BCUT2D eigenvalue weighted by molar-refractivity contribution is 6.31. The van der Waals surface area contributed by atoms with Gasteiger partial charge in [0.15, 0.2) is 0 Å². The quantitative estimate of drug-likeness (QED) is 0.830. The summed E-state index contributed by atoms with van der Waals surface area (Å²) in [6.45, 7) is 2.31. The summed E-state index contributed by atoms with van der Waals surface area (Å²) in [6.07, 6.45) is 1.17. The van der Waals surface area contributed by atoms with Crippen molar-refractivity contribution in [1.82, 2.24) is 9.78 Å². The number of halogens is 2. The molecule has 0 aliphatic heterocycles. The molecule has 104 valence electrons. The molecular weight excluding hydrogens is 257 g/mol. The van der Waals surface area contributed by atoms with Crippen molar-refractivity contribution in [2.75, 3.05) is 20.3 Å². The second-order valence-electron chi connectivity index (χ2n) is 4.62. The SMILES string of the molecule is COCC(F)(CCCN)Cc1c(Cl)c(C)nn1C. The van der Waals surface area contributed by atoms with Gasteiger partial charge in [0, 0.05) is 20.6 Å². The number of hydrogen-bond acceptors (Lipinski definition) is 3. The third-order valence-electron chi connectivity index (χ3n) is 2.98. The number of hydrogen-bond donors (Lipinski definition) is 1. The zero-order valence-electron chi connectivity index (χ0n) is 11.2. The number of rotatable bonds is 7. The van der Waals surface area contributed by atoms with Gasteiger partial charge in [0.1, 0.15) is 5.67 Å². The minimum Gasteiger partial charge on any atom is -0.381 e. The van der Waals surface area contributed by atoms with Crippen molar-refractivity contribution in [2.45, 2.75) is 31.9 Å². The van der Waals surface area contributed by atoms with Crippen molar-refractivity contribution in [3.63, 3.8) is 0 Å². The number of aryl methyl sites for hydroxylation is 2. The van der Waals surface area contributed by atoms with E-state index in [-0.39, 0.29) is 13.0 Å². The second kappa shape index (κ2) is 6.50. The highest BCUT2D eigenvalue weighted by atomic mass is 35.5. The third-order valence-corrected chi connectivity index (χ3v) is 3.47. The van der Waals surface area contributed by atoms with Gasteiger partial charge in [-0.2, -0.15) is 5.10 Å². The highest BCUT2D eigenvalue weighted by Crippen LogP contribution is 2.29. The van der Waals surface area contributed by atoms with E-state index < -0.39 is 5.67 Å². The van der Waals surface area contributed by atoms with Crippen LogP contribution in [0, 0.1) is 6.92 Å². The first-order chi connectivity index (χ1) is 8.43. The summed E-state index contributed by atoms with van der Waals surface area (Å²) in [7, 11) is 3.26. The van der Waals surface area contributed by atoms with Gasteiger partial charge in [-0.15, -0.1) is 0 Å². The molecule has 0 saturated carbocycles. The number of aromatic nitrogens is 2. The minimum atomic E-state index is -1.45. The summed E-state index contributed by atoms with van der Waals surface area (Å²) < 4.78 is 21.4. The standard InChI is InChI=1S/C12H21ClFN3O/c1-9-11(13)10(17(2)16-9)7-12(14,8-18-3)5-4-6-15/h4-8,15H2,1-3H3. The maximum absolute atomic E-state index is 14.8. The molecule has 1 atom stereocenters.